The van der Waals surface area contributed by atoms with Crippen molar-refractivity contribution < 1.29 is 13.6 Å². The maximum atomic E-state index is 13.9. The van der Waals surface area contributed by atoms with Crippen molar-refractivity contribution in [2.24, 2.45) is 0 Å². The summed E-state index contributed by atoms with van der Waals surface area (Å²) in [6.45, 7) is 1.73. The molecule has 0 aromatic heterocycles. The van der Waals surface area contributed by atoms with E-state index in [1.165, 1.54) is 12.1 Å². The average molecular weight is 386 g/mol. The van der Waals surface area contributed by atoms with E-state index in [2.05, 4.69) is 5.32 Å². The number of piperazine rings is 1. The molecule has 0 bridgehead atoms. The summed E-state index contributed by atoms with van der Waals surface area (Å²) in [6, 6.07) is 8.00. The van der Waals surface area contributed by atoms with E-state index in [4.69, 9.17) is 23.2 Å². The van der Waals surface area contributed by atoms with Gasteiger partial charge in [0.15, 0.2) is 0 Å². The summed E-state index contributed by atoms with van der Waals surface area (Å²) in [7, 11) is 0. The van der Waals surface area contributed by atoms with Crippen LogP contribution in [0.3, 0.4) is 0 Å². The summed E-state index contributed by atoms with van der Waals surface area (Å²) in [6.07, 6.45) is 0. The molecule has 0 saturated carbocycles. The fraction of sp³-hybridized carbons (Fsp3) is 0.235. The molecule has 8 heteroatoms. The highest BCUT2D eigenvalue weighted by Crippen LogP contribution is 2.24. The van der Waals surface area contributed by atoms with Gasteiger partial charge in [-0.25, -0.2) is 13.6 Å². The van der Waals surface area contributed by atoms with Gasteiger partial charge in [0.05, 0.1) is 5.69 Å². The summed E-state index contributed by atoms with van der Waals surface area (Å²) >= 11 is 11.8. The topological polar surface area (TPSA) is 35.6 Å². The van der Waals surface area contributed by atoms with E-state index in [0.29, 0.717) is 47.6 Å². The number of halogens is 4. The Kier molecular flexibility index (Phi) is 5.30. The van der Waals surface area contributed by atoms with Crippen LogP contribution >= 0.6 is 23.2 Å². The maximum Gasteiger partial charge on any atom is 0.321 e. The zero-order valence-electron chi connectivity index (χ0n) is 13.1. The highest BCUT2D eigenvalue weighted by Gasteiger charge is 2.23. The first kappa shape index (κ1) is 17.8. The van der Waals surface area contributed by atoms with Crippen molar-refractivity contribution >= 4 is 40.6 Å². The highest BCUT2D eigenvalue weighted by molar-refractivity contribution is 6.35. The molecule has 25 heavy (non-hydrogen) atoms. The molecule has 0 aliphatic carbocycles. The molecule has 132 valence electrons. The number of rotatable bonds is 2. The van der Waals surface area contributed by atoms with Gasteiger partial charge < -0.3 is 15.1 Å². The quantitative estimate of drug-likeness (QED) is 0.817. The van der Waals surface area contributed by atoms with E-state index in [0.717, 1.165) is 6.07 Å². The lowest BCUT2D eigenvalue weighted by atomic mass is 10.2. The smallest absolute Gasteiger partial charge is 0.321 e. The summed E-state index contributed by atoms with van der Waals surface area (Å²) in [4.78, 5) is 15.7. The molecule has 1 heterocycles. The predicted molar refractivity (Wildman–Crippen MR) is 95.6 cm³/mol. The predicted octanol–water partition coefficient (Wildman–Crippen LogP) is 4.63. The molecule has 0 unspecified atom stereocenters. The highest BCUT2D eigenvalue weighted by atomic mass is 35.5. The Bertz CT molecular complexity index is 775. The van der Waals surface area contributed by atoms with E-state index in [1.807, 2.05) is 0 Å². The minimum Gasteiger partial charge on any atom is -0.366 e. The number of hydrogen-bond acceptors (Lipinski definition) is 2. The van der Waals surface area contributed by atoms with Gasteiger partial charge in [0.1, 0.15) is 11.6 Å². The lowest BCUT2D eigenvalue weighted by Crippen LogP contribution is -2.50. The Morgan fingerprint density at radius 2 is 1.60 bits per heavy atom. The molecule has 0 spiro atoms. The van der Waals surface area contributed by atoms with Gasteiger partial charge in [-0.15, -0.1) is 0 Å². The van der Waals surface area contributed by atoms with Crippen LogP contribution in [0.2, 0.25) is 10.0 Å². The number of hydrogen-bond donors (Lipinski definition) is 1. The molecule has 1 N–H and O–H groups in total. The van der Waals surface area contributed by atoms with Crippen LogP contribution in [0.4, 0.5) is 25.0 Å². The summed E-state index contributed by atoms with van der Waals surface area (Å²) < 4.78 is 26.9. The second-order valence-corrected chi connectivity index (χ2v) is 6.53. The summed E-state index contributed by atoms with van der Waals surface area (Å²) in [5.41, 5.74) is 0.845. The Labute approximate surface area is 153 Å². The minimum atomic E-state index is -0.612. The Hall–Kier alpha value is -2.05. The average Bonchev–Trinajstić information content (AvgIpc) is 2.54. The van der Waals surface area contributed by atoms with E-state index in [1.54, 1.807) is 28.0 Å². The molecule has 2 aromatic carbocycles. The summed E-state index contributed by atoms with van der Waals surface area (Å²) in [5.74, 6) is -1.22. The molecule has 1 saturated heterocycles. The molecule has 1 aliphatic heterocycles. The van der Waals surface area contributed by atoms with Gasteiger partial charge in [-0.1, -0.05) is 23.2 Å². The first-order valence-electron chi connectivity index (χ1n) is 7.64. The van der Waals surface area contributed by atoms with Gasteiger partial charge in [-0.05, 0) is 30.3 Å². The lowest BCUT2D eigenvalue weighted by Gasteiger charge is -2.36. The number of nitrogens with zero attached hydrogens (tertiary/aromatic N) is 2. The van der Waals surface area contributed by atoms with Crippen molar-refractivity contribution in [1.82, 2.24) is 4.90 Å². The molecular weight excluding hydrogens is 371 g/mol. The van der Waals surface area contributed by atoms with Gasteiger partial charge in [0.25, 0.3) is 0 Å². The zero-order valence-corrected chi connectivity index (χ0v) is 14.6. The van der Waals surface area contributed by atoms with Crippen molar-refractivity contribution in [1.29, 1.82) is 0 Å². The van der Waals surface area contributed by atoms with Crippen molar-refractivity contribution in [3.05, 3.63) is 58.1 Å². The Morgan fingerprint density at radius 3 is 2.20 bits per heavy atom. The van der Waals surface area contributed by atoms with Gasteiger partial charge in [0.2, 0.25) is 0 Å². The molecule has 0 radical (unpaired) electrons. The fourth-order valence-corrected chi connectivity index (χ4v) is 3.24. The van der Waals surface area contributed by atoms with Crippen molar-refractivity contribution in [2.45, 2.75) is 0 Å². The number of urea groups is 1. The first-order valence-corrected chi connectivity index (χ1v) is 8.40. The largest absolute Gasteiger partial charge is 0.366 e. The second-order valence-electron chi connectivity index (χ2n) is 5.66. The molecular formula is C17H15Cl2F2N3O. The number of anilines is 2. The number of amides is 2. The third kappa shape index (κ3) is 4.32. The number of carbonyl (C=O) groups is 1. The molecule has 2 aromatic rings. The number of nitrogens with one attached hydrogen (secondary N) is 1. The molecule has 4 nitrogen and oxygen atoms in total. The van der Waals surface area contributed by atoms with Crippen LogP contribution in [0.1, 0.15) is 0 Å². The second kappa shape index (κ2) is 7.45. The molecule has 1 fully saturated rings. The van der Waals surface area contributed by atoms with Gasteiger partial charge >= 0.3 is 6.03 Å². The SMILES string of the molecule is O=C(Nc1cc(Cl)cc(Cl)c1)N1CCN(c2ccc(F)cc2F)CC1. The molecule has 3 rings (SSSR count). The minimum absolute atomic E-state index is 0.280. The number of benzene rings is 2. The van der Waals surface area contributed by atoms with Gasteiger partial charge in [0, 0.05) is 48.0 Å². The van der Waals surface area contributed by atoms with Crippen LogP contribution in [0.25, 0.3) is 0 Å². The van der Waals surface area contributed by atoms with Crippen LogP contribution in [0.15, 0.2) is 36.4 Å². The van der Waals surface area contributed by atoms with Crippen LogP contribution in [0, 0.1) is 11.6 Å². The van der Waals surface area contributed by atoms with E-state index in [-0.39, 0.29) is 6.03 Å². The van der Waals surface area contributed by atoms with Crippen molar-refractivity contribution in [3.63, 3.8) is 0 Å². The lowest BCUT2D eigenvalue weighted by molar-refractivity contribution is 0.208. The Morgan fingerprint density at radius 1 is 0.960 bits per heavy atom. The monoisotopic (exact) mass is 385 g/mol. The normalized spacial score (nSPS) is 14.6. The van der Waals surface area contributed by atoms with Gasteiger partial charge in [-0.2, -0.15) is 0 Å². The van der Waals surface area contributed by atoms with Crippen molar-refractivity contribution in [3.8, 4) is 0 Å². The fourth-order valence-electron chi connectivity index (χ4n) is 2.72. The standard InChI is InChI=1S/C17H15Cl2F2N3O/c18-11-7-12(19)9-14(8-11)22-17(25)24-5-3-23(4-6-24)16-2-1-13(20)10-15(16)21/h1-2,7-10H,3-6H2,(H,22,25). The molecule has 1 aliphatic rings. The van der Waals surface area contributed by atoms with Crippen LogP contribution in [-0.2, 0) is 0 Å². The zero-order chi connectivity index (χ0) is 18.0. The van der Waals surface area contributed by atoms with Crippen LogP contribution in [0.5, 0.6) is 0 Å². The third-order valence-electron chi connectivity index (χ3n) is 3.93. The van der Waals surface area contributed by atoms with Gasteiger partial charge in [-0.3, -0.25) is 0 Å². The number of carbonyl (C=O) groups excluding carboxylic acids is 1. The van der Waals surface area contributed by atoms with E-state index in [9.17, 15) is 13.6 Å². The first-order chi connectivity index (χ1) is 11.9. The van der Waals surface area contributed by atoms with Crippen LogP contribution < -0.4 is 10.2 Å². The summed E-state index contributed by atoms with van der Waals surface area (Å²) in [5, 5.41) is 3.60. The third-order valence-corrected chi connectivity index (χ3v) is 4.37. The van der Waals surface area contributed by atoms with Crippen molar-refractivity contribution in [2.75, 3.05) is 36.4 Å². The van der Waals surface area contributed by atoms with Crippen LogP contribution in [-0.4, -0.2) is 37.1 Å². The molecule has 2 amide bonds. The maximum absolute atomic E-state index is 13.9. The van der Waals surface area contributed by atoms with E-state index >= 15 is 0 Å². The van der Waals surface area contributed by atoms with E-state index < -0.39 is 11.6 Å². The Balaban J connectivity index is 1.60. The molecule has 0 atom stereocenters.